The second-order valence-electron chi connectivity index (χ2n) is 4.42. The van der Waals surface area contributed by atoms with Crippen molar-refractivity contribution in [1.29, 1.82) is 0 Å². The van der Waals surface area contributed by atoms with Crippen LogP contribution in [0.15, 0.2) is 22.7 Å². The summed E-state index contributed by atoms with van der Waals surface area (Å²) in [6.45, 7) is 7.85. The Hall–Kier alpha value is -1.07. The summed E-state index contributed by atoms with van der Waals surface area (Å²) in [4.78, 5) is 14.3. The molecule has 0 fully saturated rings. The standard InChI is InChI=1S/C14H22BrN3O/c1-3-8-18(4-2)9-7-17-14(19)12-10-11(15)5-6-13(12)16/h5-6,10H,3-4,7-9,16H2,1-2H3,(H,17,19). The number of hydrogen-bond donors (Lipinski definition) is 2. The third kappa shape index (κ3) is 5.20. The van der Waals surface area contributed by atoms with Crippen molar-refractivity contribution in [2.75, 3.05) is 31.9 Å². The van der Waals surface area contributed by atoms with Gasteiger partial charge >= 0.3 is 0 Å². The number of nitrogens with two attached hydrogens (primary N) is 1. The average molecular weight is 328 g/mol. The summed E-state index contributed by atoms with van der Waals surface area (Å²) in [7, 11) is 0. The maximum absolute atomic E-state index is 12.0. The number of carbonyl (C=O) groups excluding carboxylic acids is 1. The van der Waals surface area contributed by atoms with Gasteiger partial charge in [0, 0.05) is 23.2 Å². The van der Waals surface area contributed by atoms with Crippen LogP contribution in [-0.2, 0) is 0 Å². The van der Waals surface area contributed by atoms with Crippen molar-refractivity contribution in [2.45, 2.75) is 20.3 Å². The van der Waals surface area contributed by atoms with E-state index in [0.717, 1.165) is 30.5 Å². The molecule has 0 aliphatic rings. The van der Waals surface area contributed by atoms with E-state index < -0.39 is 0 Å². The Morgan fingerprint density at radius 3 is 2.74 bits per heavy atom. The molecule has 0 heterocycles. The first-order valence-corrected chi connectivity index (χ1v) is 7.43. The van der Waals surface area contributed by atoms with Crippen LogP contribution >= 0.6 is 15.9 Å². The molecule has 0 bridgehead atoms. The molecule has 106 valence electrons. The number of nitrogen functional groups attached to an aromatic ring is 1. The topological polar surface area (TPSA) is 58.4 Å². The van der Waals surface area contributed by atoms with Crippen LogP contribution in [-0.4, -0.2) is 37.0 Å². The maximum atomic E-state index is 12.0. The number of rotatable bonds is 7. The van der Waals surface area contributed by atoms with Crippen molar-refractivity contribution in [3.8, 4) is 0 Å². The van der Waals surface area contributed by atoms with Crippen LogP contribution in [0.2, 0.25) is 0 Å². The Morgan fingerprint density at radius 1 is 1.37 bits per heavy atom. The average Bonchev–Trinajstić information content (AvgIpc) is 2.40. The van der Waals surface area contributed by atoms with Crippen LogP contribution in [0.3, 0.4) is 0 Å². The lowest BCUT2D eigenvalue weighted by molar-refractivity contribution is 0.0949. The number of amides is 1. The zero-order valence-electron chi connectivity index (χ0n) is 11.6. The molecule has 0 radical (unpaired) electrons. The van der Waals surface area contributed by atoms with E-state index in [2.05, 4.69) is 40.0 Å². The quantitative estimate of drug-likeness (QED) is 0.756. The lowest BCUT2D eigenvalue weighted by Gasteiger charge is -2.19. The minimum atomic E-state index is -0.119. The lowest BCUT2D eigenvalue weighted by atomic mass is 10.1. The highest BCUT2D eigenvalue weighted by Crippen LogP contribution is 2.18. The summed E-state index contributed by atoms with van der Waals surface area (Å²) >= 11 is 3.34. The molecule has 0 aliphatic heterocycles. The highest BCUT2D eigenvalue weighted by atomic mass is 79.9. The van der Waals surface area contributed by atoms with Gasteiger partial charge in [0.05, 0.1) is 5.56 Å². The van der Waals surface area contributed by atoms with Gasteiger partial charge in [-0.3, -0.25) is 4.79 Å². The SMILES string of the molecule is CCCN(CC)CCNC(=O)c1cc(Br)ccc1N. The first-order chi connectivity index (χ1) is 9.08. The predicted molar refractivity (Wildman–Crippen MR) is 83.3 cm³/mol. The summed E-state index contributed by atoms with van der Waals surface area (Å²) in [6, 6.07) is 5.30. The maximum Gasteiger partial charge on any atom is 0.253 e. The first-order valence-electron chi connectivity index (χ1n) is 6.64. The Bertz CT molecular complexity index is 423. The molecule has 0 atom stereocenters. The van der Waals surface area contributed by atoms with E-state index in [1.54, 1.807) is 12.1 Å². The molecule has 5 heteroatoms. The lowest BCUT2D eigenvalue weighted by Crippen LogP contribution is -2.35. The fourth-order valence-electron chi connectivity index (χ4n) is 1.89. The second-order valence-corrected chi connectivity index (χ2v) is 5.34. The molecule has 0 saturated heterocycles. The van der Waals surface area contributed by atoms with Gasteiger partial charge in [0.2, 0.25) is 0 Å². The highest BCUT2D eigenvalue weighted by molar-refractivity contribution is 9.10. The number of nitrogens with one attached hydrogen (secondary N) is 1. The number of halogens is 1. The van der Waals surface area contributed by atoms with Gasteiger partial charge in [-0.1, -0.05) is 29.8 Å². The monoisotopic (exact) mass is 327 g/mol. The van der Waals surface area contributed by atoms with Crippen molar-refractivity contribution in [3.63, 3.8) is 0 Å². The van der Waals surface area contributed by atoms with Crippen LogP contribution in [0.1, 0.15) is 30.6 Å². The fraction of sp³-hybridized carbons (Fsp3) is 0.500. The normalized spacial score (nSPS) is 10.7. The molecule has 0 unspecified atom stereocenters. The molecular formula is C14H22BrN3O. The molecule has 0 saturated carbocycles. The van der Waals surface area contributed by atoms with Gasteiger partial charge in [-0.15, -0.1) is 0 Å². The Labute approximate surface area is 123 Å². The van der Waals surface area contributed by atoms with E-state index in [9.17, 15) is 4.79 Å². The van der Waals surface area contributed by atoms with Crippen molar-refractivity contribution in [3.05, 3.63) is 28.2 Å². The van der Waals surface area contributed by atoms with Crippen LogP contribution in [0.4, 0.5) is 5.69 Å². The summed E-state index contributed by atoms with van der Waals surface area (Å²) in [5.74, 6) is -0.119. The van der Waals surface area contributed by atoms with Crippen LogP contribution in [0.25, 0.3) is 0 Å². The van der Waals surface area contributed by atoms with Crippen LogP contribution in [0, 0.1) is 0 Å². The van der Waals surface area contributed by atoms with E-state index in [1.165, 1.54) is 0 Å². The van der Waals surface area contributed by atoms with E-state index in [4.69, 9.17) is 5.73 Å². The van der Waals surface area contributed by atoms with Gasteiger partial charge in [0.25, 0.3) is 5.91 Å². The summed E-state index contributed by atoms with van der Waals surface area (Å²) in [6.07, 6.45) is 1.13. The van der Waals surface area contributed by atoms with E-state index in [1.807, 2.05) is 6.07 Å². The number of anilines is 1. The van der Waals surface area contributed by atoms with Gasteiger partial charge in [-0.25, -0.2) is 0 Å². The number of nitrogens with zero attached hydrogens (tertiary/aromatic N) is 1. The molecule has 1 aromatic carbocycles. The number of carbonyl (C=O) groups is 1. The molecule has 0 spiro atoms. The largest absolute Gasteiger partial charge is 0.398 e. The predicted octanol–water partition coefficient (Wildman–Crippen LogP) is 2.49. The van der Waals surface area contributed by atoms with Gasteiger partial charge < -0.3 is 16.0 Å². The Balaban J connectivity index is 2.49. The molecular weight excluding hydrogens is 306 g/mol. The first kappa shape index (κ1) is 16.0. The van der Waals surface area contributed by atoms with Crippen molar-refractivity contribution < 1.29 is 4.79 Å². The summed E-state index contributed by atoms with van der Waals surface area (Å²) in [5.41, 5.74) is 6.83. The molecule has 1 amide bonds. The van der Waals surface area contributed by atoms with Gasteiger partial charge in [0.15, 0.2) is 0 Å². The van der Waals surface area contributed by atoms with Crippen LogP contribution in [0.5, 0.6) is 0 Å². The van der Waals surface area contributed by atoms with Crippen molar-refractivity contribution >= 4 is 27.5 Å². The van der Waals surface area contributed by atoms with Crippen molar-refractivity contribution in [1.82, 2.24) is 10.2 Å². The summed E-state index contributed by atoms with van der Waals surface area (Å²) < 4.78 is 0.855. The van der Waals surface area contributed by atoms with Gasteiger partial charge in [-0.05, 0) is 37.7 Å². The molecule has 1 rings (SSSR count). The molecule has 3 N–H and O–H groups in total. The number of likely N-dealkylation sites (N-methyl/N-ethyl adjacent to an activating group) is 1. The van der Waals surface area contributed by atoms with E-state index in [-0.39, 0.29) is 5.91 Å². The summed E-state index contributed by atoms with van der Waals surface area (Å²) in [5, 5.41) is 2.91. The van der Waals surface area contributed by atoms with Gasteiger partial charge in [-0.2, -0.15) is 0 Å². The number of benzene rings is 1. The van der Waals surface area contributed by atoms with Crippen LogP contribution < -0.4 is 11.1 Å². The molecule has 1 aromatic rings. The Morgan fingerprint density at radius 2 is 2.11 bits per heavy atom. The third-order valence-corrected chi connectivity index (χ3v) is 3.45. The molecule has 0 aliphatic carbocycles. The molecule has 19 heavy (non-hydrogen) atoms. The fourth-order valence-corrected chi connectivity index (χ4v) is 2.25. The van der Waals surface area contributed by atoms with E-state index >= 15 is 0 Å². The molecule has 0 aromatic heterocycles. The Kier molecular flexibility index (Phi) is 6.87. The zero-order chi connectivity index (χ0) is 14.3. The number of hydrogen-bond acceptors (Lipinski definition) is 3. The zero-order valence-corrected chi connectivity index (χ0v) is 13.2. The minimum absolute atomic E-state index is 0.119. The second kappa shape index (κ2) is 8.17. The third-order valence-electron chi connectivity index (χ3n) is 2.96. The minimum Gasteiger partial charge on any atom is -0.398 e. The highest BCUT2D eigenvalue weighted by Gasteiger charge is 2.10. The van der Waals surface area contributed by atoms with Gasteiger partial charge in [0.1, 0.15) is 0 Å². The van der Waals surface area contributed by atoms with Crippen molar-refractivity contribution in [2.24, 2.45) is 0 Å². The molecule has 4 nitrogen and oxygen atoms in total. The smallest absolute Gasteiger partial charge is 0.253 e. The van der Waals surface area contributed by atoms with E-state index in [0.29, 0.717) is 17.8 Å².